The molecule has 1 aromatic heterocycles. The van der Waals surface area contributed by atoms with Crippen LogP contribution < -0.4 is 14.8 Å². The number of amides is 1. The van der Waals surface area contributed by atoms with Gasteiger partial charge in [0.2, 0.25) is 22.7 Å². The Labute approximate surface area is 186 Å². The van der Waals surface area contributed by atoms with Gasteiger partial charge in [0.1, 0.15) is 0 Å². The second-order valence-corrected chi connectivity index (χ2v) is 9.06. The van der Waals surface area contributed by atoms with Crippen molar-refractivity contribution in [2.45, 2.75) is 11.4 Å². The minimum absolute atomic E-state index is 0.0394. The number of ether oxygens (including phenoxy) is 3. The van der Waals surface area contributed by atoms with Crippen molar-refractivity contribution in [3.63, 3.8) is 0 Å². The van der Waals surface area contributed by atoms with Crippen LogP contribution in [-0.4, -0.2) is 57.2 Å². The summed E-state index contributed by atoms with van der Waals surface area (Å²) in [5.41, 5.74) is 0.815. The van der Waals surface area contributed by atoms with Crippen LogP contribution in [0.25, 0.3) is 10.8 Å². The highest BCUT2D eigenvalue weighted by Crippen LogP contribution is 2.32. The molecule has 0 saturated carbocycles. The standard InChI is InChI=1S/C22H23N3O6S/c1-29-10-9-25(32(27,28)21-4-2-3-17-13-23-8-7-18(17)21)14-22(26)24-12-16-5-6-19-20(11-16)31-15-30-19/h2-8,11,13H,9-10,12,14-15H2,1H3,(H,24,26). The molecule has 0 bridgehead atoms. The zero-order chi connectivity index (χ0) is 22.6. The molecule has 1 aliphatic heterocycles. The van der Waals surface area contributed by atoms with E-state index in [2.05, 4.69) is 10.3 Å². The number of nitrogens with one attached hydrogen (secondary N) is 1. The van der Waals surface area contributed by atoms with Crippen LogP contribution >= 0.6 is 0 Å². The van der Waals surface area contributed by atoms with Gasteiger partial charge in [0.25, 0.3) is 0 Å². The summed E-state index contributed by atoms with van der Waals surface area (Å²) in [5, 5.41) is 4.01. The first-order chi connectivity index (χ1) is 15.5. The maximum atomic E-state index is 13.4. The Hall–Kier alpha value is -3.21. The predicted molar refractivity (Wildman–Crippen MR) is 117 cm³/mol. The van der Waals surface area contributed by atoms with E-state index in [9.17, 15) is 13.2 Å². The van der Waals surface area contributed by atoms with Gasteiger partial charge in [-0.3, -0.25) is 9.78 Å². The van der Waals surface area contributed by atoms with Crippen molar-refractivity contribution < 1.29 is 27.4 Å². The molecule has 2 heterocycles. The Morgan fingerprint density at radius 3 is 2.88 bits per heavy atom. The number of pyridine rings is 1. The second-order valence-electron chi connectivity index (χ2n) is 7.15. The Morgan fingerprint density at radius 2 is 2.03 bits per heavy atom. The number of rotatable bonds is 9. The number of carbonyl (C=O) groups excluding carboxylic acids is 1. The van der Waals surface area contributed by atoms with E-state index >= 15 is 0 Å². The van der Waals surface area contributed by atoms with Gasteiger partial charge in [-0.25, -0.2) is 8.42 Å². The normalized spacial score (nSPS) is 12.9. The molecule has 1 aliphatic rings. The van der Waals surface area contributed by atoms with E-state index in [1.165, 1.54) is 13.2 Å². The minimum atomic E-state index is -3.96. The topological polar surface area (TPSA) is 107 Å². The summed E-state index contributed by atoms with van der Waals surface area (Å²) in [5.74, 6) is 0.845. The molecule has 3 aromatic rings. The maximum Gasteiger partial charge on any atom is 0.244 e. The van der Waals surface area contributed by atoms with Crippen molar-refractivity contribution in [1.82, 2.24) is 14.6 Å². The van der Waals surface area contributed by atoms with Crippen LogP contribution in [0.4, 0.5) is 0 Å². The van der Waals surface area contributed by atoms with E-state index in [0.29, 0.717) is 22.3 Å². The highest BCUT2D eigenvalue weighted by Gasteiger charge is 2.28. The Bertz CT molecular complexity index is 1230. The van der Waals surface area contributed by atoms with E-state index in [4.69, 9.17) is 14.2 Å². The highest BCUT2D eigenvalue weighted by molar-refractivity contribution is 7.89. The van der Waals surface area contributed by atoms with Crippen LogP contribution in [0.3, 0.4) is 0 Å². The first-order valence-corrected chi connectivity index (χ1v) is 11.4. The molecule has 10 heteroatoms. The molecule has 0 unspecified atom stereocenters. The van der Waals surface area contributed by atoms with Crippen molar-refractivity contribution in [2.24, 2.45) is 0 Å². The van der Waals surface area contributed by atoms with Crippen LogP contribution in [0.15, 0.2) is 59.8 Å². The van der Waals surface area contributed by atoms with E-state index in [0.717, 1.165) is 9.87 Å². The lowest BCUT2D eigenvalue weighted by Gasteiger charge is -2.22. The lowest BCUT2D eigenvalue weighted by atomic mass is 10.2. The first kappa shape index (κ1) is 22.0. The van der Waals surface area contributed by atoms with Crippen LogP contribution in [-0.2, 0) is 26.1 Å². The fourth-order valence-electron chi connectivity index (χ4n) is 3.40. The summed E-state index contributed by atoms with van der Waals surface area (Å²) in [4.78, 5) is 16.8. The van der Waals surface area contributed by atoms with Crippen molar-refractivity contribution in [3.8, 4) is 11.5 Å². The monoisotopic (exact) mass is 457 g/mol. The van der Waals surface area contributed by atoms with Gasteiger partial charge >= 0.3 is 0 Å². The molecule has 0 saturated heterocycles. The van der Waals surface area contributed by atoms with Gasteiger partial charge in [0, 0.05) is 43.4 Å². The molecule has 0 fully saturated rings. The number of hydrogen-bond donors (Lipinski definition) is 1. The SMILES string of the molecule is COCCN(CC(=O)NCc1ccc2c(c1)OCO2)S(=O)(=O)c1cccc2cnccc12. The quantitative estimate of drug-likeness (QED) is 0.523. The smallest absolute Gasteiger partial charge is 0.244 e. The Morgan fingerprint density at radius 1 is 1.19 bits per heavy atom. The number of carbonyl (C=O) groups is 1. The van der Waals surface area contributed by atoms with Crippen LogP contribution in [0.2, 0.25) is 0 Å². The third-order valence-electron chi connectivity index (χ3n) is 5.05. The van der Waals surface area contributed by atoms with Crippen molar-refractivity contribution >= 4 is 26.7 Å². The lowest BCUT2D eigenvalue weighted by Crippen LogP contribution is -2.42. The average molecular weight is 458 g/mol. The number of hydrogen-bond acceptors (Lipinski definition) is 7. The van der Waals surface area contributed by atoms with Crippen molar-refractivity contribution in [1.29, 1.82) is 0 Å². The van der Waals surface area contributed by atoms with Gasteiger partial charge in [0.15, 0.2) is 11.5 Å². The van der Waals surface area contributed by atoms with Gasteiger partial charge in [-0.1, -0.05) is 18.2 Å². The van der Waals surface area contributed by atoms with Crippen LogP contribution in [0, 0.1) is 0 Å². The molecular weight excluding hydrogens is 434 g/mol. The van der Waals surface area contributed by atoms with Gasteiger partial charge in [-0.15, -0.1) is 0 Å². The largest absolute Gasteiger partial charge is 0.454 e. The molecule has 0 atom stereocenters. The molecular formula is C22H23N3O6S. The fourth-order valence-corrected chi connectivity index (χ4v) is 5.00. The molecule has 1 N–H and O–H groups in total. The van der Waals surface area contributed by atoms with E-state index in [-0.39, 0.29) is 37.9 Å². The molecule has 1 amide bonds. The zero-order valence-corrected chi connectivity index (χ0v) is 18.3. The Kier molecular flexibility index (Phi) is 6.54. The Balaban J connectivity index is 1.50. The van der Waals surface area contributed by atoms with Gasteiger partial charge in [-0.05, 0) is 29.8 Å². The van der Waals surface area contributed by atoms with Crippen LogP contribution in [0.1, 0.15) is 5.56 Å². The molecule has 0 radical (unpaired) electrons. The lowest BCUT2D eigenvalue weighted by molar-refractivity contribution is -0.121. The van der Waals surface area contributed by atoms with E-state index in [1.54, 1.807) is 42.7 Å². The maximum absolute atomic E-state index is 13.4. The third kappa shape index (κ3) is 4.67. The molecule has 2 aromatic carbocycles. The number of benzene rings is 2. The van der Waals surface area contributed by atoms with Crippen molar-refractivity contribution in [3.05, 3.63) is 60.4 Å². The molecule has 0 aliphatic carbocycles. The number of sulfonamides is 1. The second kappa shape index (κ2) is 9.51. The van der Waals surface area contributed by atoms with Gasteiger partial charge in [0.05, 0.1) is 18.0 Å². The summed E-state index contributed by atoms with van der Waals surface area (Å²) in [6, 6.07) is 12.0. The molecule has 168 valence electrons. The van der Waals surface area contributed by atoms with Crippen molar-refractivity contribution in [2.75, 3.05) is 33.6 Å². The van der Waals surface area contributed by atoms with Gasteiger partial charge < -0.3 is 19.5 Å². The number of fused-ring (bicyclic) bond motifs is 2. The van der Waals surface area contributed by atoms with Gasteiger partial charge in [-0.2, -0.15) is 4.31 Å². The predicted octanol–water partition coefficient (Wildman–Crippen LogP) is 1.92. The number of methoxy groups -OCH3 is 1. The fraction of sp³-hybridized carbons (Fsp3) is 0.273. The highest BCUT2D eigenvalue weighted by atomic mass is 32.2. The van der Waals surface area contributed by atoms with Crippen LogP contribution in [0.5, 0.6) is 11.5 Å². The first-order valence-electron chi connectivity index (χ1n) is 9.96. The average Bonchev–Trinajstić information content (AvgIpc) is 3.28. The summed E-state index contributed by atoms with van der Waals surface area (Å²) < 4.78 is 43.7. The number of nitrogens with zero attached hydrogens (tertiary/aromatic N) is 2. The summed E-state index contributed by atoms with van der Waals surface area (Å²) >= 11 is 0. The number of aromatic nitrogens is 1. The summed E-state index contributed by atoms with van der Waals surface area (Å²) in [6.07, 6.45) is 3.14. The molecule has 32 heavy (non-hydrogen) atoms. The minimum Gasteiger partial charge on any atom is -0.454 e. The third-order valence-corrected chi connectivity index (χ3v) is 6.95. The summed E-state index contributed by atoms with van der Waals surface area (Å²) in [7, 11) is -2.48. The van der Waals surface area contributed by atoms with E-state index in [1.807, 2.05) is 6.07 Å². The molecule has 9 nitrogen and oxygen atoms in total. The molecule has 0 spiro atoms. The zero-order valence-electron chi connectivity index (χ0n) is 17.5. The molecule has 4 rings (SSSR count). The van der Waals surface area contributed by atoms with E-state index < -0.39 is 15.9 Å². The summed E-state index contributed by atoms with van der Waals surface area (Å²) in [6.45, 7) is 0.256.